The molecule has 0 radical (unpaired) electrons. The Morgan fingerprint density at radius 1 is 0.950 bits per heavy atom. The third kappa shape index (κ3) is 2.89. The average Bonchev–Trinajstić information content (AvgIpc) is 2.66. The van der Waals surface area contributed by atoms with Gasteiger partial charge < -0.3 is 5.73 Å². The van der Waals surface area contributed by atoms with Crippen molar-refractivity contribution in [2.24, 2.45) is 0 Å². The van der Waals surface area contributed by atoms with Crippen LogP contribution in [-0.2, 0) is 19.4 Å². The molecule has 0 atom stereocenters. The van der Waals surface area contributed by atoms with Gasteiger partial charge in [-0.15, -0.1) is 0 Å². The van der Waals surface area contributed by atoms with Crippen LogP contribution >= 0.6 is 15.9 Å². The molecule has 2 N–H and O–H groups in total. The van der Waals surface area contributed by atoms with Gasteiger partial charge >= 0.3 is 0 Å². The van der Waals surface area contributed by atoms with E-state index in [0.29, 0.717) is 0 Å². The highest BCUT2D eigenvalue weighted by Gasteiger charge is 2.15. The van der Waals surface area contributed by atoms with E-state index < -0.39 is 0 Å². The monoisotopic (exact) mass is 330 g/mol. The largest absolute Gasteiger partial charge is 0.398 e. The summed E-state index contributed by atoms with van der Waals surface area (Å²) in [4.78, 5) is 2.50. The highest BCUT2D eigenvalue weighted by atomic mass is 79.9. The number of nitrogens with zero attached hydrogens (tertiary/aromatic N) is 1. The smallest absolute Gasteiger partial charge is 0.0371 e. The maximum absolute atomic E-state index is 6.11. The first-order valence-electron chi connectivity index (χ1n) is 7.06. The van der Waals surface area contributed by atoms with E-state index in [9.17, 15) is 0 Å². The number of nitrogen functional groups attached to an aromatic ring is 1. The zero-order chi connectivity index (χ0) is 13.9. The molecule has 3 heteroatoms. The molecule has 1 aliphatic rings. The molecule has 0 bridgehead atoms. The van der Waals surface area contributed by atoms with E-state index in [0.717, 1.165) is 42.6 Å². The van der Waals surface area contributed by atoms with Crippen LogP contribution in [0.1, 0.15) is 16.7 Å². The Hall–Kier alpha value is -1.32. The summed E-state index contributed by atoms with van der Waals surface area (Å²) in [6.07, 6.45) is 2.25. The van der Waals surface area contributed by atoms with Gasteiger partial charge in [-0.05, 0) is 36.1 Å². The zero-order valence-electron chi connectivity index (χ0n) is 11.5. The quantitative estimate of drug-likeness (QED) is 0.852. The molecule has 3 rings (SSSR count). The lowest BCUT2D eigenvalue weighted by Gasteiger charge is -2.21. The molecule has 0 saturated heterocycles. The van der Waals surface area contributed by atoms with E-state index in [4.69, 9.17) is 5.73 Å². The maximum Gasteiger partial charge on any atom is 0.0371 e. The molecule has 1 aliphatic heterocycles. The Balaban J connectivity index is 1.75. The number of rotatable bonds is 2. The van der Waals surface area contributed by atoms with Gasteiger partial charge in [0.05, 0.1) is 0 Å². The van der Waals surface area contributed by atoms with Crippen LogP contribution in [0.5, 0.6) is 0 Å². The molecular weight excluding hydrogens is 312 g/mol. The van der Waals surface area contributed by atoms with Crippen LogP contribution in [0.15, 0.2) is 46.9 Å². The second-order valence-electron chi connectivity index (χ2n) is 5.35. The van der Waals surface area contributed by atoms with Gasteiger partial charge in [-0.1, -0.05) is 46.3 Å². The number of nitrogens with two attached hydrogens (primary N) is 1. The number of halogens is 1. The van der Waals surface area contributed by atoms with Gasteiger partial charge in [0, 0.05) is 35.4 Å². The molecule has 0 spiro atoms. The van der Waals surface area contributed by atoms with Gasteiger partial charge in [-0.25, -0.2) is 0 Å². The first kappa shape index (κ1) is 13.7. The minimum Gasteiger partial charge on any atom is -0.398 e. The van der Waals surface area contributed by atoms with Gasteiger partial charge in [0.1, 0.15) is 0 Å². The van der Waals surface area contributed by atoms with E-state index in [2.05, 4.69) is 51.2 Å². The number of hydrogen-bond acceptors (Lipinski definition) is 2. The fourth-order valence-corrected chi connectivity index (χ4v) is 3.34. The fraction of sp³-hybridized carbons (Fsp3) is 0.294. The minimum atomic E-state index is 0.876. The van der Waals surface area contributed by atoms with Crippen molar-refractivity contribution in [1.29, 1.82) is 0 Å². The third-order valence-electron chi connectivity index (χ3n) is 4.05. The lowest BCUT2D eigenvalue weighted by atomic mass is 10.0. The second kappa shape index (κ2) is 5.98. The van der Waals surface area contributed by atoms with Crippen molar-refractivity contribution >= 4 is 21.6 Å². The number of benzene rings is 2. The molecule has 0 amide bonds. The minimum absolute atomic E-state index is 0.876. The van der Waals surface area contributed by atoms with Crippen LogP contribution in [0.25, 0.3) is 0 Å². The molecule has 0 aliphatic carbocycles. The van der Waals surface area contributed by atoms with Crippen molar-refractivity contribution in [2.75, 3.05) is 18.8 Å². The van der Waals surface area contributed by atoms with Crippen LogP contribution in [0.4, 0.5) is 5.69 Å². The molecule has 20 heavy (non-hydrogen) atoms. The highest BCUT2D eigenvalue weighted by molar-refractivity contribution is 9.10. The molecular formula is C17H19BrN2. The number of anilines is 1. The van der Waals surface area contributed by atoms with Crippen molar-refractivity contribution in [3.63, 3.8) is 0 Å². The van der Waals surface area contributed by atoms with Crippen molar-refractivity contribution in [2.45, 2.75) is 19.4 Å². The summed E-state index contributed by atoms with van der Waals surface area (Å²) in [6.45, 7) is 3.11. The van der Waals surface area contributed by atoms with Gasteiger partial charge in [0.2, 0.25) is 0 Å². The number of fused-ring (bicyclic) bond motifs is 1. The predicted molar refractivity (Wildman–Crippen MR) is 87.7 cm³/mol. The van der Waals surface area contributed by atoms with E-state index >= 15 is 0 Å². The lowest BCUT2D eigenvalue weighted by molar-refractivity contribution is 0.279. The van der Waals surface area contributed by atoms with Crippen molar-refractivity contribution in [1.82, 2.24) is 4.90 Å². The second-order valence-corrected chi connectivity index (χ2v) is 6.21. The van der Waals surface area contributed by atoms with Crippen molar-refractivity contribution in [3.8, 4) is 0 Å². The fourth-order valence-electron chi connectivity index (χ4n) is 2.84. The Morgan fingerprint density at radius 2 is 1.60 bits per heavy atom. The van der Waals surface area contributed by atoms with Gasteiger partial charge in [0.25, 0.3) is 0 Å². The molecule has 0 fully saturated rings. The van der Waals surface area contributed by atoms with Gasteiger partial charge in [-0.2, -0.15) is 0 Å². The third-order valence-corrected chi connectivity index (χ3v) is 4.79. The summed E-state index contributed by atoms with van der Waals surface area (Å²) in [7, 11) is 0. The van der Waals surface area contributed by atoms with Crippen LogP contribution in [-0.4, -0.2) is 18.0 Å². The molecule has 0 unspecified atom stereocenters. The van der Waals surface area contributed by atoms with E-state index in [1.807, 2.05) is 12.1 Å². The molecule has 1 heterocycles. The van der Waals surface area contributed by atoms with E-state index in [1.54, 1.807) is 0 Å². The van der Waals surface area contributed by atoms with Crippen molar-refractivity contribution < 1.29 is 0 Å². The molecule has 2 aromatic carbocycles. The summed E-state index contributed by atoms with van der Waals surface area (Å²) >= 11 is 3.62. The molecule has 104 valence electrons. The Bertz CT molecular complexity index is 562. The zero-order valence-corrected chi connectivity index (χ0v) is 13.1. The summed E-state index contributed by atoms with van der Waals surface area (Å²) in [5.74, 6) is 0. The topological polar surface area (TPSA) is 29.3 Å². The first-order chi connectivity index (χ1) is 9.74. The maximum atomic E-state index is 6.11. The highest BCUT2D eigenvalue weighted by Crippen LogP contribution is 2.25. The van der Waals surface area contributed by atoms with E-state index in [-0.39, 0.29) is 0 Å². The Labute approximate surface area is 128 Å². The first-order valence-corrected chi connectivity index (χ1v) is 7.85. The Morgan fingerprint density at radius 3 is 2.20 bits per heavy atom. The summed E-state index contributed by atoms with van der Waals surface area (Å²) in [6, 6.07) is 14.8. The van der Waals surface area contributed by atoms with Crippen molar-refractivity contribution in [3.05, 3.63) is 63.6 Å². The average molecular weight is 331 g/mol. The van der Waals surface area contributed by atoms with E-state index in [1.165, 1.54) is 16.7 Å². The van der Waals surface area contributed by atoms with Crippen LogP contribution in [0.3, 0.4) is 0 Å². The number of hydrogen-bond donors (Lipinski definition) is 1. The lowest BCUT2D eigenvalue weighted by Crippen LogP contribution is -2.26. The normalized spacial score (nSPS) is 15.7. The molecule has 0 saturated carbocycles. The summed E-state index contributed by atoms with van der Waals surface area (Å²) < 4.78 is 1.11. The standard InChI is InChI=1S/C17H19BrN2/c18-16-6-3-7-17(19)15(16)12-20-10-8-13-4-1-2-5-14(13)9-11-20/h1-7H,8-12,19H2. The Kier molecular flexibility index (Phi) is 4.08. The summed E-state index contributed by atoms with van der Waals surface area (Å²) in [5, 5.41) is 0. The van der Waals surface area contributed by atoms with Crippen LogP contribution in [0.2, 0.25) is 0 Å². The molecule has 2 nitrogen and oxygen atoms in total. The molecule has 2 aromatic rings. The van der Waals surface area contributed by atoms with Gasteiger partial charge in [-0.3, -0.25) is 4.90 Å². The SMILES string of the molecule is Nc1cccc(Br)c1CN1CCc2ccccc2CC1. The predicted octanol–water partition coefficient (Wildman–Crippen LogP) is 3.63. The van der Waals surface area contributed by atoms with Gasteiger partial charge in [0.15, 0.2) is 0 Å². The molecule has 0 aromatic heterocycles. The van der Waals surface area contributed by atoms with Crippen LogP contribution < -0.4 is 5.73 Å². The summed E-state index contributed by atoms with van der Waals surface area (Å²) in [5.41, 5.74) is 11.2. The van der Waals surface area contributed by atoms with Crippen LogP contribution in [0, 0.1) is 0 Å².